The van der Waals surface area contributed by atoms with Gasteiger partial charge in [0.2, 0.25) is 5.13 Å². The van der Waals surface area contributed by atoms with Crippen molar-refractivity contribution in [3.05, 3.63) is 111 Å². The number of carbonyl (C=O) groups is 1. The number of amidine groups is 1. The molecular formula is C27H20ClN3O2S2. The lowest BCUT2D eigenvalue weighted by atomic mass is 10.2. The number of carbonyl (C=O) groups excluding carboxylic acids is 1. The summed E-state index contributed by atoms with van der Waals surface area (Å²) in [5.74, 6) is 0.635. The number of aromatic nitrogens is 1. The zero-order chi connectivity index (χ0) is 24.2. The zero-order valence-corrected chi connectivity index (χ0v) is 21.1. The first-order valence-corrected chi connectivity index (χ1v) is 12.9. The zero-order valence-electron chi connectivity index (χ0n) is 18.7. The lowest BCUT2D eigenvalue weighted by Gasteiger charge is -2.14. The largest absolute Gasteiger partial charge is 0.489 e. The summed E-state index contributed by atoms with van der Waals surface area (Å²) in [4.78, 5) is 24.7. The molecule has 0 saturated carbocycles. The van der Waals surface area contributed by atoms with Crippen molar-refractivity contribution in [2.75, 3.05) is 4.90 Å². The molecule has 1 fully saturated rings. The van der Waals surface area contributed by atoms with E-state index in [0.29, 0.717) is 26.8 Å². The number of halogens is 1. The second-order valence-electron chi connectivity index (χ2n) is 7.74. The standard InChI is InChI=1S/C27H20ClN3O2S2/c1-18-17-34-26(29-18)30-27-31(22-5-3-2-4-6-22)25(32)24(35-27)15-19-9-13-23(14-10-19)33-16-20-7-11-21(28)12-8-20/h2-15,17H,16H2,1H3/b24-15-,30-27+. The molecular weight excluding hydrogens is 498 g/mol. The molecule has 5 nitrogen and oxygen atoms in total. The van der Waals surface area contributed by atoms with Crippen molar-refractivity contribution < 1.29 is 9.53 Å². The molecule has 0 spiro atoms. The van der Waals surface area contributed by atoms with Crippen LogP contribution in [0.1, 0.15) is 16.8 Å². The number of nitrogens with zero attached hydrogens (tertiary/aromatic N) is 3. The van der Waals surface area contributed by atoms with Crippen molar-refractivity contribution in [3.8, 4) is 5.75 Å². The van der Waals surface area contributed by atoms with Crippen LogP contribution in [0.3, 0.4) is 0 Å². The highest BCUT2D eigenvalue weighted by Gasteiger charge is 2.34. The van der Waals surface area contributed by atoms with Crippen molar-refractivity contribution in [2.45, 2.75) is 13.5 Å². The number of para-hydroxylation sites is 1. The molecule has 0 aliphatic carbocycles. The van der Waals surface area contributed by atoms with E-state index in [4.69, 9.17) is 16.3 Å². The molecule has 0 atom stereocenters. The molecule has 3 aromatic carbocycles. The lowest BCUT2D eigenvalue weighted by Crippen LogP contribution is -2.28. The van der Waals surface area contributed by atoms with Gasteiger partial charge in [0.1, 0.15) is 12.4 Å². The Labute approximate surface area is 216 Å². The molecule has 0 bridgehead atoms. The first-order valence-electron chi connectivity index (χ1n) is 10.8. The van der Waals surface area contributed by atoms with Gasteiger partial charge in [0, 0.05) is 10.4 Å². The number of aryl methyl sites for hydroxylation is 1. The number of anilines is 1. The maximum Gasteiger partial charge on any atom is 0.271 e. The van der Waals surface area contributed by atoms with E-state index in [0.717, 1.165) is 28.3 Å². The predicted molar refractivity (Wildman–Crippen MR) is 146 cm³/mol. The fourth-order valence-corrected chi connectivity index (χ4v) is 5.22. The summed E-state index contributed by atoms with van der Waals surface area (Å²) in [6, 6.07) is 24.8. The predicted octanol–water partition coefficient (Wildman–Crippen LogP) is 7.49. The summed E-state index contributed by atoms with van der Waals surface area (Å²) < 4.78 is 5.87. The molecule has 0 unspecified atom stereocenters. The Morgan fingerprint density at radius 2 is 1.77 bits per heavy atom. The molecule has 1 aliphatic rings. The summed E-state index contributed by atoms with van der Waals surface area (Å²) in [5.41, 5.74) is 3.62. The Morgan fingerprint density at radius 3 is 2.46 bits per heavy atom. The highest BCUT2D eigenvalue weighted by molar-refractivity contribution is 8.19. The van der Waals surface area contributed by atoms with Crippen LogP contribution in [0.2, 0.25) is 5.02 Å². The van der Waals surface area contributed by atoms with Crippen LogP contribution in [0.4, 0.5) is 10.8 Å². The average Bonchev–Trinajstić information content (AvgIpc) is 3.42. The van der Waals surface area contributed by atoms with E-state index < -0.39 is 0 Å². The van der Waals surface area contributed by atoms with Crippen LogP contribution in [0.15, 0.2) is 94.1 Å². The Hall–Kier alpha value is -3.39. The van der Waals surface area contributed by atoms with E-state index >= 15 is 0 Å². The molecule has 1 amide bonds. The van der Waals surface area contributed by atoms with E-state index in [1.807, 2.05) is 97.2 Å². The minimum Gasteiger partial charge on any atom is -0.489 e. The summed E-state index contributed by atoms with van der Waals surface area (Å²) >= 11 is 8.74. The smallest absolute Gasteiger partial charge is 0.271 e. The summed E-state index contributed by atoms with van der Waals surface area (Å²) in [6.45, 7) is 2.38. The van der Waals surface area contributed by atoms with E-state index in [1.54, 1.807) is 4.90 Å². The Morgan fingerprint density at radius 1 is 1.03 bits per heavy atom. The van der Waals surface area contributed by atoms with Gasteiger partial charge >= 0.3 is 0 Å². The summed E-state index contributed by atoms with van der Waals surface area (Å²) in [5, 5.41) is 3.86. The molecule has 35 heavy (non-hydrogen) atoms. The monoisotopic (exact) mass is 517 g/mol. The van der Waals surface area contributed by atoms with E-state index in [9.17, 15) is 4.79 Å². The van der Waals surface area contributed by atoms with Crippen LogP contribution in [0.5, 0.6) is 5.75 Å². The number of ether oxygens (including phenoxy) is 1. The maximum atomic E-state index is 13.4. The molecule has 5 rings (SSSR count). The quantitative estimate of drug-likeness (QED) is 0.248. The Kier molecular flexibility index (Phi) is 6.99. The molecule has 174 valence electrons. The lowest BCUT2D eigenvalue weighted by molar-refractivity contribution is -0.113. The first-order chi connectivity index (χ1) is 17.0. The fourth-order valence-electron chi connectivity index (χ4n) is 3.39. The third kappa shape index (κ3) is 5.65. The minimum absolute atomic E-state index is 0.115. The van der Waals surface area contributed by atoms with Crippen molar-refractivity contribution in [1.29, 1.82) is 0 Å². The minimum atomic E-state index is -0.115. The SMILES string of the molecule is Cc1csc(/N=C2/S/C(=C\c3ccc(OCc4ccc(Cl)cc4)cc3)C(=O)N2c2ccccc2)n1. The summed E-state index contributed by atoms with van der Waals surface area (Å²) in [7, 11) is 0. The number of hydrogen-bond acceptors (Lipinski definition) is 6. The summed E-state index contributed by atoms with van der Waals surface area (Å²) in [6.07, 6.45) is 1.88. The van der Waals surface area contributed by atoms with Crippen LogP contribution in [0.25, 0.3) is 6.08 Å². The molecule has 0 N–H and O–H groups in total. The fraction of sp³-hybridized carbons (Fsp3) is 0.0741. The first kappa shape index (κ1) is 23.4. The van der Waals surface area contributed by atoms with E-state index in [1.165, 1.54) is 23.1 Å². The number of amides is 1. The highest BCUT2D eigenvalue weighted by Crippen LogP contribution is 2.37. The van der Waals surface area contributed by atoms with Gasteiger partial charge in [-0.25, -0.2) is 4.98 Å². The average molecular weight is 518 g/mol. The van der Waals surface area contributed by atoms with Gasteiger partial charge < -0.3 is 4.74 Å². The van der Waals surface area contributed by atoms with Crippen LogP contribution in [-0.4, -0.2) is 16.1 Å². The van der Waals surface area contributed by atoms with Gasteiger partial charge in [-0.2, -0.15) is 4.99 Å². The number of hydrogen-bond donors (Lipinski definition) is 0. The van der Waals surface area contributed by atoms with Gasteiger partial charge in [-0.1, -0.05) is 54.1 Å². The van der Waals surface area contributed by atoms with Gasteiger partial charge in [-0.3, -0.25) is 9.69 Å². The highest BCUT2D eigenvalue weighted by atomic mass is 35.5. The van der Waals surface area contributed by atoms with Crippen LogP contribution < -0.4 is 9.64 Å². The van der Waals surface area contributed by atoms with E-state index in [-0.39, 0.29) is 5.91 Å². The van der Waals surface area contributed by atoms with Crippen LogP contribution >= 0.6 is 34.7 Å². The Balaban J connectivity index is 1.36. The normalized spacial score (nSPS) is 15.8. The maximum absolute atomic E-state index is 13.4. The second kappa shape index (κ2) is 10.5. The van der Waals surface area contributed by atoms with Crippen molar-refractivity contribution in [2.24, 2.45) is 4.99 Å². The molecule has 1 saturated heterocycles. The molecule has 4 aromatic rings. The van der Waals surface area contributed by atoms with Gasteiger partial charge in [-0.15, -0.1) is 11.3 Å². The van der Waals surface area contributed by atoms with Gasteiger partial charge in [0.15, 0.2) is 5.17 Å². The third-order valence-electron chi connectivity index (χ3n) is 5.12. The molecule has 2 heterocycles. The van der Waals surface area contributed by atoms with Crippen molar-refractivity contribution in [1.82, 2.24) is 4.98 Å². The van der Waals surface area contributed by atoms with Crippen LogP contribution in [-0.2, 0) is 11.4 Å². The number of thiazole rings is 1. The van der Waals surface area contributed by atoms with Crippen LogP contribution in [0, 0.1) is 6.92 Å². The number of rotatable bonds is 6. The third-order valence-corrected chi connectivity index (χ3v) is 7.19. The molecule has 1 aliphatic heterocycles. The van der Waals surface area contributed by atoms with Gasteiger partial charge in [-0.05, 0) is 72.3 Å². The molecule has 8 heteroatoms. The van der Waals surface area contributed by atoms with Crippen molar-refractivity contribution >= 4 is 62.7 Å². The number of benzene rings is 3. The van der Waals surface area contributed by atoms with Gasteiger partial charge in [0.05, 0.1) is 16.3 Å². The second-order valence-corrected chi connectivity index (χ2v) is 10.0. The Bertz CT molecular complexity index is 1400. The van der Waals surface area contributed by atoms with Crippen molar-refractivity contribution in [3.63, 3.8) is 0 Å². The van der Waals surface area contributed by atoms with E-state index in [2.05, 4.69) is 9.98 Å². The molecule has 0 radical (unpaired) electrons. The molecule has 1 aromatic heterocycles. The van der Waals surface area contributed by atoms with Gasteiger partial charge in [0.25, 0.3) is 5.91 Å². The topological polar surface area (TPSA) is 54.8 Å². The number of thioether (sulfide) groups is 1. The number of aliphatic imine (C=N–C) groups is 1.